The molecule has 8 rings (SSSR count). The number of H-pyrrole nitrogens is 1. The van der Waals surface area contributed by atoms with Gasteiger partial charge >= 0.3 is 20.3 Å². The number of fused-ring (bicyclic) bond motifs is 4. The highest BCUT2D eigenvalue weighted by molar-refractivity contribution is 7.89. The molecule has 17 nitrogen and oxygen atoms in total. The topological polar surface area (TPSA) is 223 Å². The fourth-order valence-electron chi connectivity index (χ4n) is 12.3. The Hall–Kier alpha value is -3.92. The zero-order valence-corrected chi connectivity index (χ0v) is 49.2. The van der Waals surface area contributed by atoms with E-state index in [1.54, 1.807) is 47.1 Å². The maximum absolute atomic E-state index is 14.7. The number of Topliss-reactive ketones (excluding diaryl/α,β-unsaturated/α-hetero) is 1. The van der Waals surface area contributed by atoms with Crippen LogP contribution in [0, 0.1) is 11.8 Å². The van der Waals surface area contributed by atoms with Gasteiger partial charge in [-0.2, -0.15) is 5.10 Å². The molecule has 3 N–H and O–H groups in total. The summed E-state index contributed by atoms with van der Waals surface area (Å²) in [6.07, 6.45) is 11.6. The minimum atomic E-state index is -3.93. The van der Waals surface area contributed by atoms with Gasteiger partial charge in [-0.3, -0.25) is 9.78 Å². The molecule has 3 aromatic rings. The maximum Gasteiger partial charge on any atom is 0.497 e. The number of carbonyl (C=O) groups is 2. The monoisotopic (exact) mass is 1080 g/mol. The van der Waals surface area contributed by atoms with Gasteiger partial charge < -0.3 is 29.0 Å². The van der Waals surface area contributed by atoms with Gasteiger partial charge in [-0.15, -0.1) is 0 Å². The van der Waals surface area contributed by atoms with Crippen LogP contribution in [0.4, 0.5) is 4.79 Å². The number of rotatable bonds is 16. The maximum atomic E-state index is 14.7. The molecule has 1 atom stereocenters. The van der Waals surface area contributed by atoms with Crippen molar-refractivity contribution in [2.75, 3.05) is 18.6 Å². The van der Waals surface area contributed by atoms with Crippen molar-refractivity contribution < 1.29 is 45.5 Å². The van der Waals surface area contributed by atoms with Crippen molar-refractivity contribution in [2.24, 2.45) is 16.9 Å². The molecule has 0 aromatic carbocycles. The lowest BCUT2D eigenvalue weighted by Crippen LogP contribution is -2.54. The predicted octanol–water partition coefficient (Wildman–Crippen LogP) is 7.66. The number of carbonyl (C=O) groups excluding carboxylic acids is 2. The Morgan fingerprint density at radius 2 is 1.51 bits per heavy atom. The van der Waals surface area contributed by atoms with E-state index in [2.05, 4.69) is 73.5 Å². The number of nitrogens with one attached hydrogen (secondary N) is 2. The summed E-state index contributed by atoms with van der Waals surface area (Å²) in [5.41, 5.74) is 5.70. The van der Waals surface area contributed by atoms with Gasteiger partial charge in [0.1, 0.15) is 11.2 Å². The predicted molar refractivity (Wildman–Crippen MR) is 297 cm³/mol. The van der Waals surface area contributed by atoms with Gasteiger partial charge in [0, 0.05) is 82.1 Å². The third kappa shape index (κ3) is 10.8. The number of sulfonamides is 2. The van der Waals surface area contributed by atoms with Crippen LogP contribution in [-0.2, 0) is 34.1 Å². The number of allylic oxidation sites excluding steroid dienone is 1. The molecule has 1 amide bonds. The Morgan fingerprint density at radius 1 is 0.932 bits per heavy atom. The van der Waals surface area contributed by atoms with Gasteiger partial charge in [0.25, 0.3) is 0 Å². The van der Waals surface area contributed by atoms with Crippen molar-refractivity contribution in [1.29, 1.82) is 0 Å². The summed E-state index contributed by atoms with van der Waals surface area (Å²) in [7, 11) is -9.09. The molecule has 1 saturated heterocycles. The molecule has 406 valence electrons. The third-order valence-electron chi connectivity index (χ3n) is 16.5. The van der Waals surface area contributed by atoms with Gasteiger partial charge in [0.2, 0.25) is 20.0 Å². The molecule has 0 radical (unpaired) electrons. The Bertz CT molecular complexity index is 2850. The van der Waals surface area contributed by atoms with E-state index in [0.717, 1.165) is 43.3 Å². The highest BCUT2D eigenvalue weighted by atomic mass is 32.2. The molecular weight excluding hydrogens is 996 g/mol. The van der Waals surface area contributed by atoms with E-state index in [-0.39, 0.29) is 47.6 Å². The molecule has 5 aliphatic rings. The van der Waals surface area contributed by atoms with Gasteiger partial charge in [-0.05, 0) is 110 Å². The lowest BCUT2D eigenvalue weighted by molar-refractivity contribution is 0.00578. The second-order valence-electron chi connectivity index (χ2n) is 24.1. The average molecular weight is 1080 g/mol. The van der Waals surface area contributed by atoms with Gasteiger partial charge in [0.15, 0.2) is 5.78 Å². The third-order valence-corrected chi connectivity index (χ3v) is 27.6. The van der Waals surface area contributed by atoms with Crippen LogP contribution >= 0.6 is 0 Å². The minimum Gasteiger partial charge on any atom is -0.443 e. The largest absolute Gasteiger partial charge is 0.497 e. The summed E-state index contributed by atoms with van der Waals surface area (Å²) in [6.45, 7) is 30.7. The summed E-state index contributed by atoms with van der Waals surface area (Å²) in [4.78, 5) is 42.1. The van der Waals surface area contributed by atoms with E-state index in [4.69, 9.17) is 19.0 Å². The molecular formula is C52H81B2N7O10S2Si. The van der Waals surface area contributed by atoms with Crippen LogP contribution in [-0.4, -0.2) is 133 Å². The van der Waals surface area contributed by atoms with Crippen LogP contribution in [0.3, 0.4) is 0 Å². The summed E-state index contributed by atoms with van der Waals surface area (Å²) >= 11 is 0. The standard InChI is InChI=1S/C36H59BN2O7SSi.C16H22BN5O3S/c1-15-18-47(42,43)39(33(41)44-34(8,9)10)26-19-25(20-26)32(40)30-27-16-17-29(48(22(2)3,23(4)5)24(6)7)31(27)38-21-28(30)37-45-35(11,12)36(13,14)46-37;1-3-6-26(24,25)21-11-7-10(8-11)15-14-12-4-5-18-16(12)19-9-13(14)17(23)22(2)20-15/h16-17,21-26,29H,15,18-20H2,1-14H3;4-5,9-11,21,23H,3,6-8H2,1-2H3,(H,18,19). The van der Waals surface area contributed by atoms with Crippen LogP contribution in [0.1, 0.15) is 175 Å². The van der Waals surface area contributed by atoms with E-state index in [1.165, 1.54) is 4.92 Å². The van der Waals surface area contributed by atoms with E-state index < -0.39 is 77.1 Å². The Kier molecular flexibility index (Phi) is 16.5. The zero-order valence-electron chi connectivity index (χ0n) is 46.6. The highest BCUT2D eigenvalue weighted by Gasteiger charge is 2.56. The smallest absolute Gasteiger partial charge is 0.443 e. The summed E-state index contributed by atoms with van der Waals surface area (Å²) in [6, 6.07) is 1.23. The number of hydrogen-bond acceptors (Lipinski definition) is 14. The molecule has 2 aliphatic heterocycles. The van der Waals surface area contributed by atoms with Gasteiger partial charge in [0.05, 0.1) is 48.2 Å². The van der Waals surface area contributed by atoms with Crippen LogP contribution in [0.2, 0.25) is 16.6 Å². The first kappa shape index (κ1) is 57.8. The number of ether oxygens (including phenoxy) is 1. The van der Waals surface area contributed by atoms with E-state index >= 15 is 0 Å². The van der Waals surface area contributed by atoms with Crippen LogP contribution < -0.4 is 15.6 Å². The lowest BCUT2D eigenvalue weighted by Gasteiger charge is -2.47. The molecule has 74 heavy (non-hydrogen) atoms. The Labute approximate surface area is 442 Å². The first-order valence-corrected chi connectivity index (χ1v) is 32.2. The first-order chi connectivity index (χ1) is 34.3. The number of aromatic nitrogens is 3. The molecule has 2 saturated carbocycles. The minimum absolute atomic E-state index is 0.0524. The number of nitrogens with zero attached hydrogens (tertiary/aromatic N) is 5. The number of hydrogen-bond donors (Lipinski definition) is 3. The molecule has 0 spiro atoms. The lowest BCUT2D eigenvalue weighted by atomic mass is 9.65. The second-order valence-corrected chi connectivity index (χ2v) is 34.0. The number of pyridine rings is 2. The Morgan fingerprint density at radius 3 is 2.07 bits per heavy atom. The van der Waals surface area contributed by atoms with Crippen molar-refractivity contribution in [3.05, 3.63) is 53.1 Å². The molecule has 3 aliphatic carbocycles. The van der Waals surface area contributed by atoms with E-state index in [0.29, 0.717) is 53.3 Å². The SMILES string of the molecule is CCCS(=O)(=O)N(C(=O)OC(C)(C)C)C1CC(C(=O)c2c(B3OC(C)(C)C(C)(C)O3)cnc3c2C=CC3[Si](C(C)C)(C(C)C)C(C)C)C1.CCCS(=O)(=O)NC1CC(C2=NN(C)B(O)c3cnc4[nH]ccc4c32)C1. The van der Waals surface area contributed by atoms with Crippen molar-refractivity contribution in [3.8, 4) is 0 Å². The van der Waals surface area contributed by atoms with Crippen LogP contribution in [0.5, 0.6) is 0 Å². The van der Waals surface area contributed by atoms with Crippen molar-refractivity contribution in [2.45, 2.75) is 193 Å². The summed E-state index contributed by atoms with van der Waals surface area (Å²) < 4.78 is 72.7. The van der Waals surface area contributed by atoms with Gasteiger partial charge in [-0.1, -0.05) is 67.5 Å². The fourth-order valence-corrected chi connectivity index (χ4v) is 22.5. The summed E-state index contributed by atoms with van der Waals surface area (Å²) in [5, 5.41) is 16.0. The number of hydrazone groups is 1. The molecule has 3 aromatic heterocycles. The number of amides is 1. The average Bonchev–Trinajstić information content (AvgIpc) is 3.96. The van der Waals surface area contributed by atoms with Gasteiger partial charge in [-0.25, -0.2) is 35.6 Å². The second kappa shape index (κ2) is 21.1. The molecule has 5 heterocycles. The van der Waals surface area contributed by atoms with Crippen molar-refractivity contribution in [1.82, 2.24) is 28.9 Å². The van der Waals surface area contributed by atoms with Crippen LogP contribution in [0.15, 0.2) is 35.8 Å². The first-order valence-electron chi connectivity index (χ1n) is 26.6. The molecule has 22 heteroatoms. The van der Waals surface area contributed by atoms with Crippen molar-refractivity contribution >= 4 is 87.9 Å². The molecule has 1 unspecified atom stereocenters. The van der Waals surface area contributed by atoms with Crippen molar-refractivity contribution in [3.63, 3.8) is 0 Å². The fraction of sp³-hybridized carbons (Fsp3) is 0.673. The zero-order chi connectivity index (χ0) is 54.8. The van der Waals surface area contributed by atoms with E-state index in [9.17, 15) is 31.4 Å². The molecule has 3 fully saturated rings. The quantitative estimate of drug-likeness (QED) is 0.0928. The highest BCUT2D eigenvalue weighted by Crippen LogP contribution is 2.54. The number of aromatic amines is 1. The summed E-state index contributed by atoms with van der Waals surface area (Å²) in [5.74, 6) is -0.451. The van der Waals surface area contributed by atoms with Crippen LogP contribution in [0.25, 0.3) is 17.1 Å². The Balaban J connectivity index is 0.000000257. The number of ketones is 1. The normalized spacial score (nSPS) is 23.3. The molecule has 0 bridgehead atoms. The van der Waals surface area contributed by atoms with E-state index in [1.807, 2.05) is 46.9 Å².